The van der Waals surface area contributed by atoms with Crippen molar-refractivity contribution < 1.29 is 0 Å². The molecule has 0 atom stereocenters. The second-order valence-electron chi connectivity index (χ2n) is 7.07. The van der Waals surface area contributed by atoms with Gasteiger partial charge in [0.2, 0.25) is 0 Å². The number of rotatable bonds is 6. The van der Waals surface area contributed by atoms with Gasteiger partial charge in [0.05, 0.1) is 21.5 Å². The van der Waals surface area contributed by atoms with Crippen LogP contribution in [0.25, 0.3) is 21.5 Å². The maximum atomic E-state index is 12.6. The first-order chi connectivity index (χ1) is 12.2. The van der Waals surface area contributed by atoms with E-state index in [0.717, 1.165) is 0 Å². The highest BCUT2D eigenvalue weighted by Crippen LogP contribution is 2.14. The topological polar surface area (TPSA) is 84.6 Å². The van der Waals surface area contributed by atoms with E-state index < -0.39 is 22.2 Å². The Morgan fingerprint density at radius 1 is 0.615 bits per heavy atom. The van der Waals surface area contributed by atoms with Gasteiger partial charge in [-0.2, -0.15) is 0 Å². The molecule has 0 spiro atoms. The van der Waals surface area contributed by atoms with Gasteiger partial charge in [-0.1, -0.05) is 0 Å². The third-order valence-corrected chi connectivity index (χ3v) is 4.60. The van der Waals surface area contributed by atoms with Gasteiger partial charge in [-0.15, -0.1) is 0 Å². The van der Waals surface area contributed by atoms with Gasteiger partial charge in [0.15, 0.2) is 0 Å². The fourth-order valence-electron chi connectivity index (χ4n) is 3.08. The molecule has 0 unspecified atom stereocenters. The van der Waals surface area contributed by atoms with Crippen molar-refractivity contribution in [3.63, 3.8) is 0 Å². The molecule has 138 valence electrons. The summed E-state index contributed by atoms with van der Waals surface area (Å²) in [6.45, 7) is 1.62. The van der Waals surface area contributed by atoms with E-state index in [4.69, 9.17) is 0 Å². The summed E-state index contributed by atoms with van der Waals surface area (Å²) in [4.78, 5) is 54.0. The summed E-state index contributed by atoms with van der Waals surface area (Å²) >= 11 is 0. The number of nitrogens with zero attached hydrogens (tertiary/aromatic N) is 4. The number of hydrogen-bond acceptors (Lipinski definition) is 6. The van der Waals surface area contributed by atoms with Crippen molar-refractivity contribution >= 4 is 21.5 Å². The van der Waals surface area contributed by atoms with Crippen molar-refractivity contribution in [1.82, 2.24) is 18.9 Å². The molecule has 1 aromatic carbocycles. The number of aromatic nitrogens is 2. The number of likely N-dealkylation sites (N-methyl/N-ethyl adjacent to an activating group) is 2. The first-order valence-corrected chi connectivity index (χ1v) is 8.42. The first-order valence-electron chi connectivity index (χ1n) is 8.42. The quantitative estimate of drug-likeness (QED) is 0.564. The summed E-state index contributed by atoms with van der Waals surface area (Å²) in [5.41, 5.74) is -1.66. The molecular formula is C18H22N4O4. The van der Waals surface area contributed by atoms with Crippen molar-refractivity contribution in [1.29, 1.82) is 0 Å². The zero-order chi connectivity index (χ0) is 19.2. The maximum Gasteiger partial charge on any atom is 0.261 e. The average molecular weight is 358 g/mol. The van der Waals surface area contributed by atoms with Crippen LogP contribution in [0.4, 0.5) is 0 Å². The third-order valence-electron chi connectivity index (χ3n) is 4.60. The minimum Gasteiger partial charge on any atom is -0.308 e. The van der Waals surface area contributed by atoms with Crippen molar-refractivity contribution in [3.8, 4) is 0 Å². The van der Waals surface area contributed by atoms with Crippen molar-refractivity contribution in [2.75, 3.05) is 41.3 Å². The molecule has 0 fully saturated rings. The van der Waals surface area contributed by atoms with Crippen LogP contribution in [0.2, 0.25) is 0 Å². The van der Waals surface area contributed by atoms with E-state index >= 15 is 0 Å². The second kappa shape index (κ2) is 6.62. The molecule has 0 aliphatic rings. The van der Waals surface area contributed by atoms with E-state index in [1.54, 1.807) is 0 Å². The molecule has 0 aliphatic carbocycles. The van der Waals surface area contributed by atoms with Crippen molar-refractivity contribution in [2.45, 2.75) is 13.1 Å². The number of fused-ring (bicyclic) bond motifs is 2. The van der Waals surface area contributed by atoms with E-state index in [2.05, 4.69) is 0 Å². The lowest BCUT2D eigenvalue weighted by molar-refractivity contribution is 0.380. The zero-order valence-corrected chi connectivity index (χ0v) is 15.4. The summed E-state index contributed by atoms with van der Waals surface area (Å²) in [5.74, 6) is 0. The lowest BCUT2D eigenvalue weighted by Crippen LogP contribution is -2.31. The lowest BCUT2D eigenvalue weighted by atomic mass is 10.1. The zero-order valence-electron chi connectivity index (χ0n) is 15.4. The summed E-state index contributed by atoms with van der Waals surface area (Å²) in [7, 11) is 7.41. The minimum absolute atomic E-state index is 0.197. The van der Waals surface area contributed by atoms with Crippen LogP contribution in [0.3, 0.4) is 0 Å². The van der Waals surface area contributed by atoms with Crippen LogP contribution in [-0.2, 0) is 13.1 Å². The Hall–Kier alpha value is -2.58. The normalized spacial score (nSPS) is 12.2. The molecule has 8 heteroatoms. The number of benzene rings is 1. The van der Waals surface area contributed by atoms with Crippen LogP contribution >= 0.6 is 0 Å². The molecule has 0 N–H and O–H groups in total. The van der Waals surface area contributed by atoms with Crippen LogP contribution < -0.4 is 22.2 Å². The Kier molecular flexibility index (Phi) is 4.64. The van der Waals surface area contributed by atoms with Gasteiger partial charge in [-0.3, -0.25) is 28.3 Å². The van der Waals surface area contributed by atoms with E-state index in [1.807, 2.05) is 38.0 Å². The average Bonchev–Trinajstić information content (AvgIpc) is 2.95. The maximum absolute atomic E-state index is 12.6. The SMILES string of the molecule is CN(C)CCn1c(=O)c2cc3c(=O)n(CCN(C)C)c(=O)c3cc2c1=O. The van der Waals surface area contributed by atoms with E-state index in [1.165, 1.54) is 21.3 Å². The van der Waals surface area contributed by atoms with Gasteiger partial charge in [0.25, 0.3) is 22.2 Å². The molecule has 2 aromatic heterocycles. The summed E-state index contributed by atoms with van der Waals surface area (Å²) in [5, 5.41) is 0.789. The molecule has 0 radical (unpaired) electrons. The molecule has 3 rings (SSSR count). The molecule has 0 bridgehead atoms. The number of hydrogen-bond donors (Lipinski definition) is 0. The summed E-state index contributed by atoms with van der Waals surface area (Å²) in [6, 6.07) is 2.80. The molecule has 0 saturated carbocycles. The predicted octanol–water partition coefficient (Wildman–Crippen LogP) is -0.964. The third kappa shape index (κ3) is 2.91. The highest BCUT2D eigenvalue weighted by molar-refractivity contribution is 5.97. The molecule has 0 aliphatic heterocycles. The Morgan fingerprint density at radius 2 is 0.885 bits per heavy atom. The molecule has 3 aromatic rings. The summed E-state index contributed by atoms with van der Waals surface area (Å²) < 4.78 is 2.33. The second-order valence-corrected chi connectivity index (χ2v) is 7.07. The van der Waals surface area contributed by atoms with Crippen LogP contribution in [0, 0.1) is 0 Å². The largest absolute Gasteiger partial charge is 0.308 e. The molecular weight excluding hydrogens is 336 g/mol. The van der Waals surface area contributed by atoms with Gasteiger partial charge in [0, 0.05) is 26.2 Å². The van der Waals surface area contributed by atoms with E-state index in [-0.39, 0.29) is 34.6 Å². The van der Waals surface area contributed by atoms with Crippen LogP contribution in [0.1, 0.15) is 0 Å². The van der Waals surface area contributed by atoms with Gasteiger partial charge < -0.3 is 9.80 Å². The minimum atomic E-state index is -0.415. The van der Waals surface area contributed by atoms with Gasteiger partial charge >= 0.3 is 0 Å². The van der Waals surface area contributed by atoms with Crippen molar-refractivity contribution in [3.05, 3.63) is 53.5 Å². The first kappa shape index (κ1) is 18.2. The lowest BCUT2D eigenvalue weighted by Gasteiger charge is -2.08. The summed E-state index contributed by atoms with van der Waals surface area (Å²) in [6.07, 6.45) is 0. The monoisotopic (exact) mass is 358 g/mol. The predicted molar refractivity (Wildman–Crippen MR) is 102 cm³/mol. The van der Waals surface area contributed by atoms with Gasteiger partial charge in [-0.05, 0) is 40.3 Å². The standard InChI is InChI=1S/C18H22N4O4/c1-19(2)5-7-21-15(23)11-9-13-14(10-12(11)16(21)24)18(26)22(17(13)25)8-6-20(3)4/h9-10H,5-8H2,1-4H3. The Bertz CT molecular complexity index is 1010. The fraction of sp³-hybridized carbons (Fsp3) is 0.444. The van der Waals surface area contributed by atoms with E-state index in [0.29, 0.717) is 13.1 Å². The van der Waals surface area contributed by atoms with Crippen LogP contribution in [0.15, 0.2) is 31.3 Å². The highest BCUT2D eigenvalue weighted by atomic mass is 16.2. The molecule has 8 nitrogen and oxygen atoms in total. The van der Waals surface area contributed by atoms with Crippen LogP contribution in [0.5, 0.6) is 0 Å². The smallest absolute Gasteiger partial charge is 0.261 e. The van der Waals surface area contributed by atoms with E-state index in [9.17, 15) is 19.2 Å². The Balaban J connectivity index is 2.21. The molecule has 0 amide bonds. The fourth-order valence-corrected chi connectivity index (χ4v) is 3.08. The van der Waals surface area contributed by atoms with Gasteiger partial charge in [0.1, 0.15) is 0 Å². The Labute approximate surface area is 149 Å². The highest BCUT2D eigenvalue weighted by Gasteiger charge is 2.19. The van der Waals surface area contributed by atoms with Crippen LogP contribution in [-0.4, -0.2) is 60.2 Å². The molecule has 2 heterocycles. The molecule has 26 heavy (non-hydrogen) atoms. The Morgan fingerprint density at radius 3 is 1.12 bits per heavy atom. The molecule has 0 saturated heterocycles. The van der Waals surface area contributed by atoms with Crippen molar-refractivity contribution in [2.24, 2.45) is 0 Å². The van der Waals surface area contributed by atoms with Gasteiger partial charge in [-0.25, -0.2) is 0 Å².